The zero-order valence-electron chi connectivity index (χ0n) is 12.8. The minimum absolute atomic E-state index is 0.00189. The van der Waals surface area contributed by atoms with Gasteiger partial charge in [-0.25, -0.2) is 4.79 Å². The van der Waals surface area contributed by atoms with Gasteiger partial charge in [-0.2, -0.15) is 0 Å². The second kappa shape index (κ2) is 5.58. The van der Waals surface area contributed by atoms with E-state index >= 15 is 0 Å². The summed E-state index contributed by atoms with van der Waals surface area (Å²) in [5, 5.41) is 6.29. The number of nitrogens with one attached hydrogen (secondary N) is 2. The van der Waals surface area contributed by atoms with E-state index in [2.05, 4.69) is 17.6 Å². The van der Waals surface area contributed by atoms with Gasteiger partial charge in [-0.15, -0.1) is 0 Å². The first-order chi connectivity index (χ1) is 10.1. The van der Waals surface area contributed by atoms with Crippen molar-refractivity contribution in [2.24, 2.45) is 5.92 Å². The molecule has 2 aliphatic rings. The van der Waals surface area contributed by atoms with Crippen molar-refractivity contribution in [3.63, 3.8) is 0 Å². The molecule has 2 aliphatic carbocycles. The van der Waals surface area contributed by atoms with E-state index in [9.17, 15) is 4.79 Å². The van der Waals surface area contributed by atoms with Gasteiger partial charge in [0.1, 0.15) is 5.75 Å². The first-order valence-electron chi connectivity index (χ1n) is 7.82. The average Bonchev–Trinajstić information content (AvgIpc) is 3.28. The molecule has 0 spiro atoms. The topological polar surface area (TPSA) is 50.4 Å². The van der Waals surface area contributed by atoms with Crippen molar-refractivity contribution < 1.29 is 9.53 Å². The van der Waals surface area contributed by atoms with Gasteiger partial charge in [0.2, 0.25) is 0 Å². The quantitative estimate of drug-likeness (QED) is 0.872. The fourth-order valence-electron chi connectivity index (χ4n) is 3.00. The van der Waals surface area contributed by atoms with E-state index in [1.165, 1.54) is 19.3 Å². The molecule has 0 aromatic heterocycles. The lowest BCUT2D eigenvalue weighted by Crippen LogP contribution is -2.54. The molecule has 0 aliphatic heterocycles. The van der Waals surface area contributed by atoms with Gasteiger partial charge >= 0.3 is 6.03 Å². The Morgan fingerprint density at radius 3 is 2.43 bits per heavy atom. The lowest BCUT2D eigenvalue weighted by atomic mass is 9.79. The number of carbonyl (C=O) groups is 1. The Morgan fingerprint density at radius 1 is 1.29 bits per heavy atom. The Hall–Kier alpha value is -1.71. The van der Waals surface area contributed by atoms with E-state index in [4.69, 9.17) is 4.74 Å². The summed E-state index contributed by atoms with van der Waals surface area (Å²) in [6, 6.07) is 8.08. The van der Waals surface area contributed by atoms with Crippen LogP contribution in [0.25, 0.3) is 0 Å². The maximum absolute atomic E-state index is 12.2. The minimum atomic E-state index is -0.0371. The van der Waals surface area contributed by atoms with Crippen LogP contribution in [0.3, 0.4) is 0 Å². The van der Waals surface area contributed by atoms with Crippen LogP contribution < -0.4 is 15.4 Å². The highest BCUT2D eigenvalue weighted by Gasteiger charge is 2.36. The number of hydrogen-bond donors (Lipinski definition) is 2. The number of urea groups is 1. The number of methoxy groups -OCH3 is 1. The lowest BCUT2D eigenvalue weighted by Gasteiger charge is -2.39. The first-order valence-corrected chi connectivity index (χ1v) is 7.82. The van der Waals surface area contributed by atoms with Gasteiger partial charge in [0.15, 0.2) is 0 Å². The van der Waals surface area contributed by atoms with Crippen LogP contribution in [0.15, 0.2) is 24.3 Å². The Kier molecular flexibility index (Phi) is 3.79. The molecule has 0 saturated heterocycles. The molecule has 0 radical (unpaired) electrons. The van der Waals surface area contributed by atoms with Gasteiger partial charge in [-0.1, -0.05) is 12.1 Å². The molecule has 2 fully saturated rings. The van der Waals surface area contributed by atoms with E-state index in [-0.39, 0.29) is 17.6 Å². The van der Waals surface area contributed by atoms with Crippen LogP contribution in [0.5, 0.6) is 5.75 Å². The van der Waals surface area contributed by atoms with Crippen molar-refractivity contribution in [3.05, 3.63) is 29.8 Å². The van der Waals surface area contributed by atoms with E-state index < -0.39 is 0 Å². The molecule has 4 heteroatoms. The van der Waals surface area contributed by atoms with E-state index in [0.29, 0.717) is 5.92 Å². The van der Waals surface area contributed by atoms with Crippen molar-refractivity contribution in [2.75, 3.05) is 7.11 Å². The van der Waals surface area contributed by atoms with Gasteiger partial charge < -0.3 is 15.4 Å². The zero-order chi connectivity index (χ0) is 14.9. The molecule has 0 bridgehead atoms. The molecule has 2 amide bonds. The maximum Gasteiger partial charge on any atom is 0.315 e. The van der Waals surface area contributed by atoms with Crippen molar-refractivity contribution in [1.29, 1.82) is 0 Å². The van der Waals surface area contributed by atoms with Crippen LogP contribution in [0.4, 0.5) is 4.79 Å². The third-order valence-corrected chi connectivity index (χ3v) is 4.73. The summed E-state index contributed by atoms with van der Waals surface area (Å²) < 4.78 is 5.19. The smallest absolute Gasteiger partial charge is 0.315 e. The SMILES string of the molecule is COc1ccc(C(NC(=O)NC2(C)CCC2)C2CC2)cc1. The fourth-order valence-corrected chi connectivity index (χ4v) is 3.00. The summed E-state index contributed by atoms with van der Waals surface area (Å²) >= 11 is 0. The maximum atomic E-state index is 12.2. The molecule has 2 saturated carbocycles. The Labute approximate surface area is 126 Å². The molecule has 0 heterocycles. The standard InChI is InChI=1S/C17H24N2O2/c1-17(10-3-11-17)19-16(20)18-15(12-4-5-12)13-6-8-14(21-2)9-7-13/h6-9,12,15H,3-5,10-11H2,1-2H3,(H2,18,19,20). The number of rotatable bonds is 5. The van der Waals surface area contributed by atoms with Gasteiger partial charge in [-0.05, 0) is 62.6 Å². The predicted molar refractivity (Wildman–Crippen MR) is 82.4 cm³/mol. The molecular formula is C17H24N2O2. The van der Waals surface area contributed by atoms with Gasteiger partial charge in [0.05, 0.1) is 13.2 Å². The number of carbonyl (C=O) groups excluding carboxylic acids is 1. The fraction of sp³-hybridized carbons (Fsp3) is 0.588. The third-order valence-electron chi connectivity index (χ3n) is 4.73. The molecule has 3 rings (SSSR count). The van der Waals surface area contributed by atoms with Crippen LogP contribution in [0, 0.1) is 5.92 Å². The molecule has 2 N–H and O–H groups in total. The number of hydrogen-bond acceptors (Lipinski definition) is 2. The van der Waals surface area contributed by atoms with E-state index in [0.717, 1.165) is 24.2 Å². The predicted octanol–water partition coefficient (Wildman–Crippen LogP) is 3.39. The molecule has 1 aromatic rings. The molecule has 4 nitrogen and oxygen atoms in total. The highest BCUT2D eigenvalue weighted by molar-refractivity contribution is 5.75. The van der Waals surface area contributed by atoms with Gasteiger partial charge in [-0.3, -0.25) is 0 Å². The van der Waals surface area contributed by atoms with Crippen LogP contribution in [0.1, 0.15) is 50.6 Å². The summed E-state index contributed by atoms with van der Waals surface area (Å²) in [6.45, 7) is 2.12. The van der Waals surface area contributed by atoms with Crippen molar-refractivity contribution in [2.45, 2.75) is 50.6 Å². The Bertz CT molecular complexity index is 504. The zero-order valence-corrected chi connectivity index (χ0v) is 12.8. The minimum Gasteiger partial charge on any atom is -0.497 e. The highest BCUT2D eigenvalue weighted by Crippen LogP contribution is 2.41. The molecule has 21 heavy (non-hydrogen) atoms. The van der Waals surface area contributed by atoms with E-state index in [1.807, 2.05) is 24.3 Å². The number of benzene rings is 1. The van der Waals surface area contributed by atoms with E-state index in [1.54, 1.807) is 7.11 Å². The molecular weight excluding hydrogens is 264 g/mol. The van der Waals surface area contributed by atoms with Crippen LogP contribution >= 0.6 is 0 Å². The van der Waals surface area contributed by atoms with Crippen LogP contribution in [-0.2, 0) is 0 Å². The third kappa shape index (κ3) is 3.31. The molecule has 114 valence electrons. The van der Waals surface area contributed by atoms with Gasteiger partial charge in [0, 0.05) is 5.54 Å². The Balaban J connectivity index is 1.65. The molecule has 1 aromatic carbocycles. The summed E-state index contributed by atoms with van der Waals surface area (Å²) in [4.78, 5) is 12.2. The number of amides is 2. The summed E-state index contributed by atoms with van der Waals surface area (Å²) in [5.74, 6) is 1.41. The molecule has 1 atom stereocenters. The van der Waals surface area contributed by atoms with Crippen molar-refractivity contribution >= 4 is 6.03 Å². The normalized spacial score (nSPS) is 21.0. The summed E-state index contributed by atoms with van der Waals surface area (Å²) in [6.07, 6.45) is 5.75. The second-order valence-corrected chi connectivity index (χ2v) is 6.60. The lowest BCUT2D eigenvalue weighted by molar-refractivity contribution is 0.187. The Morgan fingerprint density at radius 2 is 1.95 bits per heavy atom. The van der Waals surface area contributed by atoms with Crippen molar-refractivity contribution in [1.82, 2.24) is 10.6 Å². The molecule has 1 unspecified atom stereocenters. The highest BCUT2D eigenvalue weighted by atomic mass is 16.5. The van der Waals surface area contributed by atoms with Crippen LogP contribution in [-0.4, -0.2) is 18.7 Å². The largest absolute Gasteiger partial charge is 0.497 e. The average molecular weight is 288 g/mol. The summed E-state index contributed by atoms with van der Waals surface area (Å²) in [5.41, 5.74) is 1.16. The van der Waals surface area contributed by atoms with Crippen LogP contribution in [0.2, 0.25) is 0 Å². The summed E-state index contributed by atoms with van der Waals surface area (Å²) in [7, 11) is 1.67. The van der Waals surface area contributed by atoms with Crippen molar-refractivity contribution in [3.8, 4) is 5.75 Å². The second-order valence-electron chi connectivity index (χ2n) is 6.60. The first kappa shape index (κ1) is 14.2. The monoisotopic (exact) mass is 288 g/mol. The number of ether oxygens (including phenoxy) is 1. The van der Waals surface area contributed by atoms with Gasteiger partial charge in [0.25, 0.3) is 0 Å².